The predicted molar refractivity (Wildman–Crippen MR) is 203 cm³/mol. The molecule has 0 saturated heterocycles. The average molecular weight is 750 g/mol. The number of carbonyl (C=O) groups excluding carboxylic acids is 2. The first-order chi connectivity index (χ1) is 24.7. The van der Waals surface area contributed by atoms with E-state index >= 15 is 0 Å². The standard InChI is InChI=1S/C40H79O10P/c1-3-5-7-9-11-13-15-17-18-20-22-24-26-28-30-32-40(44)50-38(36-49-51(45,46)48-34-37(42)33-41)35-47-39(43)31-29-27-25-23-21-19-16-14-12-10-8-6-4-2/h37-38,41-42H,3-36H2,1-2H3,(H,45,46)/p-1/t37-,38+/m0/s1. The van der Waals surface area contributed by atoms with Crippen LogP contribution in [0.4, 0.5) is 0 Å². The minimum atomic E-state index is -4.85. The first-order valence-electron chi connectivity index (χ1n) is 21.0. The third kappa shape index (κ3) is 37.1. The molecule has 0 aliphatic carbocycles. The molecule has 0 fully saturated rings. The van der Waals surface area contributed by atoms with Gasteiger partial charge in [0.2, 0.25) is 0 Å². The van der Waals surface area contributed by atoms with Crippen LogP contribution in [-0.4, -0.2) is 60.8 Å². The first kappa shape index (κ1) is 50.0. The largest absolute Gasteiger partial charge is 0.756 e. The van der Waals surface area contributed by atoms with Crippen molar-refractivity contribution in [2.75, 3.05) is 26.4 Å². The lowest BCUT2D eigenvalue weighted by Crippen LogP contribution is -2.30. The maximum atomic E-state index is 12.6. The Labute approximate surface area is 312 Å². The van der Waals surface area contributed by atoms with Crippen LogP contribution >= 0.6 is 7.82 Å². The third-order valence-electron chi connectivity index (χ3n) is 9.25. The molecule has 0 aromatic rings. The van der Waals surface area contributed by atoms with E-state index in [1.54, 1.807) is 0 Å². The molecule has 0 radical (unpaired) electrons. The van der Waals surface area contributed by atoms with Gasteiger partial charge in [-0.2, -0.15) is 0 Å². The summed E-state index contributed by atoms with van der Waals surface area (Å²) in [7, 11) is -4.85. The fourth-order valence-electron chi connectivity index (χ4n) is 5.99. The van der Waals surface area contributed by atoms with Gasteiger partial charge in [-0.1, -0.05) is 181 Å². The summed E-state index contributed by atoms with van der Waals surface area (Å²) in [6.07, 6.45) is 31.8. The molecule has 0 saturated carbocycles. The number of hydrogen-bond donors (Lipinski definition) is 2. The maximum absolute atomic E-state index is 12.6. The molecule has 0 amide bonds. The van der Waals surface area contributed by atoms with Gasteiger partial charge in [0.15, 0.2) is 6.10 Å². The number of rotatable bonds is 40. The molecule has 0 aliphatic rings. The Bertz CT molecular complexity index is 827. The summed E-state index contributed by atoms with van der Waals surface area (Å²) in [5, 5.41) is 18.2. The summed E-state index contributed by atoms with van der Waals surface area (Å²) in [5.41, 5.74) is 0. The molecule has 0 aromatic heterocycles. The fourth-order valence-corrected chi connectivity index (χ4v) is 6.77. The molecule has 11 heteroatoms. The van der Waals surface area contributed by atoms with Gasteiger partial charge in [-0.05, 0) is 12.8 Å². The number of aliphatic hydroxyl groups excluding tert-OH is 2. The van der Waals surface area contributed by atoms with Crippen LogP contribution < -0.4 is 4.89 Å². The molecule has 10 nitrogen and oxygen atoms in total. The SMILES string of the molecule is CCCCCCCCCCCCCCCCCC(=O)O[C@H](COC(=O)CCCCCCCCCCCCCCC)COP(=O)([O-])OC[C@@H](O)CO. The van der Waals surface area contributed by atoms with Crippen molar-refractivity contribution in [2.24, 2.45) is 0 Å². The Balaban J connectivity index is 4.28. The Morgan fingerprint density at radius 2 is 0.863 bits per heavy atom. The molecule has 0 rings (SSSR count). The Kier molecular flexibility index (Phi) is 36.5. The Morgan fingerprint density at radius 1 is 0.529 bits per heavy atom. The third-order valence-corrected chi connectivity index (χ3v) is 10.2. The van der Waals surface area contributed by atoms with E-state index in [1.807, 2.05) is 0 Å². The van der Waals surface area contributed by atoms with Crippen molar-refractivity contribution >= 4 is 19.8 Å². The lowest BCUT2D eigenvalue weighted by molar-refractivity contribution is -0.230. The summed E-state index contributed by atoms with van der Waals surface area (Å²) in [6, 6.07) is 0. The topological polar surface area (TPSA) is 152 Å². The highest BCUT2D eigenvalue weighted by Gasteiger charge is 2.21. The zero-order valence-electron chi connectivity index (χ0n) is 32.8. The van der Waals surface area contributed by atoms with Crippen molar-refractivity contribution < 1.29 is 47.8 Å². The smallest absolute Gasteiger partial charge is 0.306 e. The molecule has 0 spiro atoms. The van der Waals surface area contributed by atoms with Gasteiger partial charge in [-0.3, -0.25) is 14.2 Å². The van der Waals surface area contributed by atoms with Crippen molar-refractivity contribution in [3.63, 3.8) is 0 Å². The lowest BCUT2D eigenvalue weighted by atomic mass is 10.0. The second kappa shape index (κ2) is 37.3. The number of hydrogen-bond acceptors (Lipinski definition) is 10. The van der Waals surface area contributed by atoms with Gasteiger partial charge < -0.3 is 33.6 Å². The minimum absolute atomic E-state index is 0.176. The molecule has 0 heterocycles. The van der Waals surface area contributed by atoms with Crippen LogP contribution in [0.2, 0.25) is 0 Å². The summed E-state index contributed by atoms with van der Waals surface area (Å²) in [6.45, 7) is 2.22. The van der Waals surface area contributed by atoms with Gasteiger partial charge in [0.05, 0.1) is 19.8 Å². The Hall–Kier alpha value is -1.03. The highest BCUT2D eigenvalue weighted by Crippen LogP contribution is 2.38. The second-order valence-electron chi connectivity index (χ2n) is 14.4. The van der Waals surface area contributed by atoms with E-state index in [-0.39, 0.29) is 19.4 Å². The van der Waals surface area contributed by atoms with Crippen molar-refractivity contribution in [2.45, 2.75) is 219 Å². The number of esters is 2. The molecule has 0 bridgehead atoms. The van der Waals surface area contributed by atoms with E-state index in [0.29, 0.717) is 12.8 Å². The average Bonchev–Trinajstić information content (AvgIpc) is 3.12. The normalized spacial score (nSPS) is 13.9. The van der Waals surface area contributed by atoms with Crippen molar-refractivity contribution in [3.05, 3.63) is 0 Å². The Morgan fingerprint density at radius 3 is 1.24 bits per heavy atom. The zero-order valence-corrected chi connectivity index (χ0v) is 33.7. The van der Waals surface area contributed by atoms with E-state index in [1.165, 1.54) is 128 Å². The predicted octanol–water partition coefficient (Wildman–Crippen LogP) is 10.0. The fraction of sp³-hybridized carbons (Fsp3) is 0.950. The lowest BCUT2D eigenvalue weighted by Gasteiger charge is -2.26. The minimum Gasteiger partial charge on any atom is -0.756 e. The molecule has 304 valence electrons. The molecule has 1 unspecified atom stereocenters. The van der Waals surface area contributed by atoms with Crippen LogP contribution in [0.25, 0.3) is 0 Å². The summed E-state index contributed by atoms with van der Waals surface area (Å²) < 4.78 is 32.3. The summed E-state index contributed by atoms with van der Waals surface area (Å²) in [4.78, 5) is 37.0. The van der Waals surface area contributed by atoms with Gasteiger partial charge in [0.1, 0.15) is 12.7 Å². The van der Waals surface area contributed by atoms with Crippen molar-refractivity contribution in [1.29, 1.82) is 0 Å². The van der Waals surface area contributed by atoms with E-state index in [9.17, 15) is 24.2 Å². The van der Waals surface area contributed by atoms with Gasteiger partial charge in [0, 0.05) is 12.8 Å². The summed E-state index contributed by atoms with van der Waals surface area (Å²) in [5.74, 6) is -0.947. The van der Waals surface area contributed by atoms with Gasteiger partial charge in [-0.25, -0.2) is 0 Å². The highest BCUT2D eigenvalue weighted by atomic mass is 31.2. The summed E-state index contributed by atoms with van der Waals surface area (Å²) >= 11 is 0. The van der Waals surface area contributed by atoms with Crippen LogP contribution in [0.15, 0.2) is 0 Å². The molecule has 3 atom stereocenters. The van der Waals surface area contributed by atoms with Gasteiger partial charge in [-0.15, -0.1) is 0 Å². The van der Waals surface area contributed by atoms with Gasteiger partial charge >= 0.3 is 11.9 Å². The van der Waals surface area contributed by atoms with Gasteiger partial charge in [0.25, 0.3) is 7.82 Å². The highest BCUT2D eigenvalue weighted by molar-refractivity contribution is 7.45. The molecule has 0 aliphatic heterocycles. The van der Waals surface area contributed by atoms with Crippen molar-refractivity contribution in [1.82, 2.24) is 0 Å². The number of ether oxygens (including phenoxy) is 2. The molecule has 2 N–H and O–H groups in total. The molecule has 51 heavy (non-hydrogen) atoms. The number of aliphatic hydroxyl groups is 2. The van der Waals surface area contributed by atoms with Crippen LogP contribution in [0.1, 0.15) is 206 Å². The second-order valence-corrected chi connectivity index (χ2v) is 15.8. The number of carbonyl (C=O) groups is 2. The van der Waals surface area contributed by atoms with Crippen LogP contribution in [0.3, 0.4) is 0 Å². The number of phosphoric ester groups is 1. The molecular weight excluding hydrogens is 671 g/mol. The first-order valence-corrected chi connectivity index (χ1v) is 22.4. The van der Waals surface area contributed by atoms with E-state index in [2.05, 4.69) is 18.4 Å². The van der Waals surface area contributed by atoms with E-state index in [4.69, 9.17) is 19.1 Å². The number of phosphoric acid groups is 1. The molecular formula is C40H78O10P-. The number of unbranched alkanes of at least 4 members (excludes halogenated alkanes) is 26. The monoisotopic (exact) mass is 750 g/mol. The van der Waals surface area contributed by atoms with Crippen LogP contribution in [0, 0.1) is 0 Å². The van der Waals surface area contributed by atoms with Crippen LogP contribution in [-0.2, 0) is 32.7 Å². The van der Waals surface area contributed by atoms with E-state index < -0.39 is 51.8 Å². The maximum Gasteiger partial charge on any atom is 0.306 e. The van der Waals surface area contributed by atoms with Crippen LogP contribution in [0.5, 0.6) is 0 Å². The van der Waals surface area contributed by atoms with E-state index in [0.717, 1.165) is 38.5 Å². The quantitative estimate of drug-likeness (QED) is 0.0352. The zero-order chi connectivity index (χ0) is 37.7. The molecule has 0 aromatic carbocycles. The van der Waals surface area contributed by atoms with Crippen molar-refractivity contribution in [3.8, 4) is 0 Å².